The van der Waals surface area contributed by atoms with E-state index in [2.05, 4.69) is 26.3 Å². The molecule has 0 radical (unpaired) electrons. The topological polar surface area (TPSA) is 267 Å². The highest BCUT2D eigenvalue weighted by molar-refractivity contribution is 5.86. The van der Waals surface area contributed by atoms with Gasteiger partial charge in [-0.3, -0.25) is 19.3 Å². The molecule has 1 aromatic heterocycles. The van der Waals surface area contributed by atoms with Crippen LogP contribution in [0.4, 0.5) is 20.6 Å². The van der Waals surface area contributed by atoms with E-state index in [1.54, 1.807) is 10.9 Å². The number of benzene rings is 1. The fraction of sp³-hybridized carbons (Fsp3) is 0.586. The fourth-order valence-corrected chi connectivity index (χ4v) is 4.25. The van der Waals surface area contributed by atoms with Gasteiger partial charge in [0.25, 0.3) is 5.69 Å². The van der Waals surface area contributed by atoms with Gasteiger partial charge >= 0.3 is 23.9 Å². The van der Waals surface area contributed by atoms with Crippen molar-refractivity contribution in [2.24, 2.45) is 0 Å². The number of anilines is 1. The Morgan fingerprint density at radius 1 is 0.939 bits per heavy atom. The van der Waals surface area contributed by atoms with Crippen molar-refractivity contribution in [2.45, 2.75) is 63.6 Å². The van der Waals surface area contributed by atoms with Crippen LogP contribution in [0.1, 0.15) is 44.2 Å². The summed E-state index contributed by atoms with van der Waals surface area (Å²) in [6, 6.07) is 0.247. The number of alkyl halides is 1. The number of aliphatic carboxylic acids is 3. The van der Waals surface area contributed by atoms with Crippen LogP contribution in [-0.2, 0) is 36.8 Å². The normalized spacial score (nSPS) is 12.1. The Bertz CT molecular complexity index is 1360. The van der Waals surface area contributed by atoms with Gasteiger partial charge in [0.1, 0.15) is 30.1 Å². The number of hydrogen-bond acceptors (Lipinski definition) is 12. The van der Waals surface area contributed by atoms with Gasteiger partial charge in [-0.2, -0.15) is 0 Å². The van der Waals surface area contributed by atoms with E-state index >= 15 is 0 Å². The smallest absolute Gasteiger partial charge is 0.326 e. The van der Waals surface area contributed by atoms with Gasteiger partial charge in [-0.1, -0.05) is 5.21 Å². The SMILES string of the molecule is O=C(O)CCC(NC(=O)N[C@@H](CCCCNc1cc(OCCOCCOCCn2cc(CCCF)nn2)ccc1[N+](=O)[O-])C(=O)O)C(=O)O. The van der Waals surface area contributed by atoms with Crippen LogP contribution in [0.25, 0.3) is 0 Å². The Balaban J connectivity index is 1.69. The van der Waals surface area contributed by atoms with Crippen LogP contribution in [0.2, 0.25) is 0 Å². The molecule has 1 unspecified atom stereocenters. The molecule has 0 aliphatic rings. The van der Waals surface area contributed by atoms with Gasteiger partial charge in [0.05, 0.1) is 50.3 Å². The van der Waals surface area contributed by atoms with Crippen molar-refractivity contribution in [1.82, 2.24) is 25.6 Å². The molecular weight excluding hydrogens is 657 g/mol. The van der Waals surface area contributed by atoms with Crippen LogP contribution >= 0.6 is 0 Å². The second-order valence-electron chi connectivity index (χ2n) is 10.5. The van der Waals surface area contributed by atoms with E-state index < -0.39 is 54.0 Å². The third-order valence-electron chi connectivity index (χ3n) is 6.74. The Kier molecular flexibility index (Phi) is 18.4. The number of nitrogens with zero attached hydrogens (tertiary/aromatic N) is 4. The molecule has 49 heavy (non-hydrogen) atoms. The lowest BCUT2D eigenvalue weighted by atomic mass is 10.1. The molecule has 6 N–H and O–H groups in total. The lowest BCUT2D eigenvalue weighted by Gasteiger charge is -2.18. The molecule has 0 aliphatic carbocycles. The summed E-state index contributed by atoms with van der Waals surface area (Å²) in [5.74, 6) is -3.72. The minimum Gasteiger partial charge on any atom is -0.491 e. The zero-order valence-corrected chi connectivity index (χ0v) is 26.8. The number of nitro benzene ring substituents is 1. The number of aryl methyl sites for hydroxylation is 1. The maximum atomic E-state index is 12.3. The van der Waals surface area contributed by atoms with Gasteiger partial charge in [0, 0.05) is 31.3 Å². The zero-order chi connectivity index (χ0) is 36.0. The largest absolute Gasteiger partial charge is 0.491 e. The third-order valence-corrected chi connectivity index (χ3v) is 6.74. The van der Waals surface area contributed by atoms with Crippen LogP contribution in [0.3, 0.4) is 0 Å². The number of amides is 2. The molecule has 20 heteroatoms. The number of urea groups is 1. The Morgan fingerprint density at radius 3 is 2.27 bits per heavy atom. The summed E-state index contributed by atoms with van der Waals surface area (Å²) in [6.45, 7) is 1.77. The molecular formula is C29H42FN7O12. The van der Waals surface area contributed by atoms with Crippen molar-refractivity contribution in [3.63, 3.8) is 0 Å². The van der Waals surface area contributed by atoms with E-state index in [1.807, 2.05) is 0 Å². The number of nitro groups is 1. The zero-order valence-electron chi connectivity index (χ0n) is 26.8. The molecule has 2 aromatic rings. The molecule has 272 valence electrons. The molecule has 0 bridgehead atoms. The van der Waals surface area contributed by atoms with E-state index in [0.717, 1.165) is 5.69 Å². The minimum absolute atomic E-state index is 0.0289. The molecule has 19 nitrogen and oxygen atoms in total. The summed E-state index contributed by atoms with van der Waals surface area (Å²) in [7, 11) is 0. The number of carbonyl (C=O) groups excluding carboxylic acids is 1. The molecule has 2 amide bonds. The number of unbranched alkanes of at least 4 members (excludes halogenated alkanes) is 1. The highest BCUT2D eigenvalue weighted by atomic mass is 19.1. The highest BCUT2D eigenvalue weighted by Gasteiger charge is 2.25. The average molecular weight is 700 g/mol. The van der Waals surface area contributed by atoms with Crippen molar-refractivity contribution in [1.29, 1.82) is 0 Å². The second kappa shape index (κ2) is 22.5. The summed E-state index contributed by atoms with van der Waals surface area (Å²) < 4.78 is 30.5. The van der Waals surface area contributed by atoms with E-state index in [9.17, 15) is 38.8 Å². The van der Waals surface area contributed by atoms with Crippen LogP contribution in [0.15, 0.2) is 24.4 Å². The summed E-state index contributed by atoms with van der Waals surface area (Å²) >= 11 is 0. The maximum Gasteiger partial charge on any atom is 0.326 e. The summed E-state index contributed by atoms with van der Waals surface area (Å²) in [4.78, 5) is 56.6. The van der Waals surface area contributed by atoms with Crippen LogP contribution in [0.5, 0.6) is 5.75 Å². The Morgan fingerprint density at radius 2 is 1.61 bits per heavy atom. The van der Waals surface area contributed by atoms with Gasteiger partial charge in [0.15, 0.2) is 0 Å². The Labute approximate surface area is 280 Å². The lowest BCUT2D eigenvalue weighted by molar-refractivity contribution is -0.384. The maximum absolute atomic E-state index is 12.3. The molecule has 0 saturated carbocycles. The molecule has 2 atom stereocenters. The number of halogens is 1. The number of ether oxygens (including phenoxy) is 3. The summed E-state index contributed by atoms with van der Waals surface area (Å²) in [6.07, 6.45) is 2.41. The van der Waals surface area contributed by atoms with Gasteiger partial charge in [0.2, 0.25) is 0 Å². The number of carboxylic acid groups (broad SMARTS) is 3. The summed E-state index contributed by atoms with van der Waals surface area (Å²) in [5, 5.41) is 53.9. The minimum atomic E-state index is -1.52. The van der Waals surface area contributed by atoms with Gasteiger partial charge in [-0.05, 0) is 44.6 Å². The van der Waals surface area contributed by atoms with Crippen molar-refractivity contribution in [3.8, 4) is 5.75 Å². The number of carbonyl (C=O) groups is 4. The molecule has 0 aliphatic heterocycles. The number of hydrogen-bond donors (Lipinski definition) is 6. The van der Waals surface area contributed by atoms with Crippen molar-refractivity contribution in [3.05, 3.63) is 40.2 Å². The van der Waals surface area contributed by atoms with E-state index in [1.165, 1.54) is 18.2 Å². The first-order valence-corrected chi connectivity index (χ1v) is 15.5. The number of rotatable bonds is 27. The second-order valence-corrected chi connectivity index (χ2v) is 10.5. The fourth-order valence-electron chi connectivity index (χ4n) is 4.25. The van der Waals surface area contributed by atoms with Crippen molar-refractivity contribution >= 4 is 35.3 Å². The third kappa shape index (κ3) is 16.5. The molecule has 1 aromatic carbocycles. The first-order valence-electron chi connectivity index (χ1n) is 15.5. The quantitative estimate of drug-likeness (QED) is 0.0441. The number of nitrogens with one attached hydrogen (secondary N) is 3. The first-order chi connectivity index (χ1) is 23.5. The standard InChI is InChI=1S/C29H42FN7O12/c30-10-3-4-20-19-36(35-34-20)12-13-47-14-15-48-16-17-49-21-6-8-25(37(45)46)24(18-21)31-11-2-1-5-22(27(40)41)32-29(44)33-23(28(42)43)7-9-26(38)39/h6,8,18-19,22-23,31H,1-5,7,9-17H2,(H,38,39)(H,40,41)(H,42,43)(H2,32,33,44)/t22-,23?/m0/s1. The summed E-state index contributed by atoms with van der Waals surface area (Å²) in [5.41, 5.74) is 0.721. The first kappa shape index (κ1) is 40.1. The lowest BCUT2D eigenvalue weighted by Crippen LogP contribution is -2.51. The van der Waals surface area contributed by atoms with Crippen LogP contribution in [0, 0.1) is 10.1 Å². The predicted octanol–water partition coefficient (Wildman–Crippen LogP) is 1.85. The molecule has 0 spiro atoms. The van der Waals surface area contributed by atoms with Crippen molar-refractivity contribution < 1.29 is 58.0 Å². The van der Waals surface area contributed by atoms with Gasteiger partial charge in [-0.15, -0.1) is 5.10 Å². The van der Waals surface area contributed by atoms with Gasteiger partial charge < -0.3 is 45.5 Å². The number of carboxylic acids is 3. The average Bonchev–Trinajstić information content (AvgIpc) is 3.51. The molecule has 0 saturated heterocycles. The van der Waals surface area contributed by atoms with Crippen LogP contribution in [-0.4, -0.2) is 118 Å². The van der Waals surface area contributed by atoms with Crippen LogP contribution < -0.4 is 20.7 Å². The monoisotopic (exact) mass is 699 g/mol. The highest BCUT2D eigenvalue weighted by Crippen LogP contribution is 2.29. The predicted molar refractivity (Wildman–Crippen MR) is 168 cm³/mol. The molecule has 0 fully saturated rings. The van der Waals surface area contributed by atoms with Crippen molar-refractivity contribution in [2.75, 3.05) is 51.6 Å². The molecule has 2 rings (SSSR count). The van der Waals surface area contributed by atoms with E-state index in [4.69, 9.17) is 24.4 Å². The van der Waals surface area contributed by atoms with E-state index in [0.29, 0.717) is 51.4 Å². The number of aromatic nitrogens is 3. The Hall–Kier alpha value is -5.11. The molecule has 1 heterocycles. The van der Waals surface area contributed by atoms with Gasteiger partial charge in [-0.25, -0.2) is 19.1 Å². The van der Waals surface area contributed by atoms with E-state index in [-0.39, 0.29) is 50.4 Å².